The van der Waals surface area contributed by atoms with Gasteiger partial charge in [0.1, 0.15) is 0 Å². The first kappa shape index (κ1) is 26.1. The molecule has 2 fully saturated rings. The van der Waals surface area contributed by atoms with E-state index in [1.54, 1.807) is 0 Å². The Morgan fingerprint density at radius 3 is 2.67 bits per heavy atom. The molecule has 3 aliphatic carbocycles. The summed E-state index contributed by atoms with van der Waals surface area (Å²) in [6.45, 7) is 10.8. The van der Waals surface area contributed by atoms with E-state index in [1.165, 1.54) is 38.0 Å². The minimum absolute atomic E-state index is 0.00158. The first-order valence-electron chi connectivity index (χ1n) is 12.0. The average molecular weight is 479 g/mol. The molecule has 4 nitrogen and oxygen atoms in total. The zero-order valence-corrected chi connectivity index (χ0v) is 21.2. The molecule has 3 aliphatic rings. The Labute approximate surface area is 198 Å². The molecule has 0 radical (unpaired) electrons. The van der Waals surface area contributed by atoms with Crippen molar-refractivity contribution >= 4 is 9.84 Å². The molecule has 0 aromatic heterocycles. The lowest BCUT2D eigenvalue weighted by molar-refractivity contribution is 0.0862. The van der Waals surface area contributed by atoms with Gasteiger partial charge in [-0.2, -0.15) is 4.39 Å². The second-order valence-electron chi connectivity index (χ2n) is 11.0. The topological polar surface area (TPSA) is 74.6 Å². The molecule has 0 aromatic rings. The van der Waals surface area contributed by atoms with Gasteiger partial charge in [-0.1, -0.05) is 42.9 Å². The van der Waals surface area contributed by atoms with E-state index >= 15 is 0 Å². The van der Waals surface area contributed by atoms with Crippen molar-refractivity contribution in [1.82, 2.24) is 0 Å². The Kier molecular flexibility index (Phi) is 7.62. The van der Waals surface area contributed by atoms with Gasteiger partial charge in [-0.3, -0.25) is 0 Å². The quantitative estimate of drug-likeness (QED) is 0.486. The van der Waals surface area contributed by atoms with Crippen LogP contribution in [0.2, 0.25) is 0 Å². The summed E-state index contributed by atoms with van der Waals surface area (Å²) in [5, 5.41) is 19.1. The molecule has 0 amide bonds. The predicted molar refractivity (Wildman–Crippen MR) is 132 cm³/mol. The zero-order valence-electron chi connectivity index (χ0n) is 20.4. The fourth-order valence-electron chi connectivity index (χ4n) is 5.50. The minimum atomic E-state index is -3.93. The first-order valence-corrected chi connectivity index (χ1v) is 13.5. The monoisotopic (exact) mass is 478 g/mol. The van der Waals surface area contributed by atoms with Crippen LogP contribution in [0.5, 0.6) is 0 Å². The first-order chi connectivity index (χ1) is 15.3. The maximum absolute atomic E-state index is 14.4. The van der Waals surface area contributed by atoms with Crippen molar-refractivity contribution in [2.75, 3.05) is 0 Å². The Morgan fingerprint density at radius 2 is 2.00 bits per heavy atom. The normalized spacial score (nSPS) is 34.0. The third-order valence-corrected chi connectivity index (χ3v) is 10.0. The van der Waals surface area contributed by atoms with Crippen LogP contribution in [0, 0.1) is 11.3 Å². The molecule has 3 rings (SSSR count). The highest BCUT2D eigenvalue weighted by Gasteiger charge is 2.44. The molecule has 0 spiro atoms. The van der Waals surface area contributed by atoms with Gasteiger partial charge in [0.15, 0.2) is 0 Å². The number of rotatable bonds is 5. The van der Waals surface area contributed by atoms with Crippen LogP contribution in [0.25, 0.3) is 0 Å². The molecule has 2 unspecified atom stereocenters. The molecule has 0 heterocycles. The van der Waals surface area contributed by atoms with Crippen molar-refractivity contribution in [3.63, 3.8) is 0 Å². The summed E-state index contributed by atoms with van der Waals surface area (Å²) in [5.74, 6) is 0.372. The van der Waals surface area contributed by atoms with Gasteiger partial charge in [0, 0.05) is 6.42 Å². The molecule has 0 aliphatic heterocycles. The lowest BCUT2D eigenvalue weighted by Gasteiger charge is -2.41. The molecule has 0 saturated heterocycles. The van der Waals surface area contributed by atoms with E-state index < -0.39 is 32.0 Å². The van der Waals surface area contributed by atoms with Gasteiger partial charge in [0.2, 0.25) is 15.0 Å². The van der Waals surface area contributed by atoms with Crippen LogP contribution in [0.3, 0.4) is 0 Å². The van der Waals surface area contributed by atoms with Crippen LogP contribution in [-0.4, -0.2) is 35.6 Å². The van der Waals surface area contributed by atoms with Gasteiger partial charge in [-0.05, 0) is 94.3 Å². The molecule has 6 heteroatoms. The average Bonchev–Trinajstić information content (AvgIpc) is 3.05. The minimum Gasteiger partial charge on any atom is -0.393 e. The van der Waals surface area contributed by atoms with Crippen molar-refractivity contribution < 1.29 is 23.0 Å². The number of hydrogen-bond acceptors (Lipinski definition) is 4. The molecular formula is C27H39FO4S. The molecule has 184 valence electrons. The van der Waals surface area contributed by atoms with E-state index in [-0.39, 0.29) is 5.41 Å². The predicted octanol–water partition coefficient (Wildman–Crippen LogP) is 5.85. The van der Waals surface area contributed by atoms with Crippen molar-refractivity contribution in [2.45, 2.75) is 96.0 Å². The third kappa shape index (κ3) is 5.28. The molecule has 0 bridgehead atoms. The molecule has 0 aromatic carbocycles. The fourth-order valence-corrected chi connectivity index (χ4v) is 6.42. The van der Waals surface area contributed by atoms with Crippen LogP contribution in [0.15, 0.2) is 58.3 Å². The van der Waals surface area contributed by atoms with Crippen LogP contribution in [-0.2, 0) is 9.84 Å². The van der Waals surface area contributed by atoms with E-state index in [4.69, 9.17) is 0 Å². The van der Waals surface area contributed by atoms with Gasteiger partial charge in [0.25, 0.3) is 0 Å². The summed E-state index contributed by atoms with van der Waals surface area (Å²) in [5.41, 5.74) is 4.25. The van der Waals surface area contributed by atoms with Crippen molar-refractivity contribution in [2.24, 2.45) is 11.3 Å². The maximum Gasteiger partial charge on any atom is 0.211 e. The SMILES string of the molecule is C=C1/C(=C\C=C2/CCCC3(C)C(CC/C=C(\F)S(=O)(=O)C(C)(C)C)=CC[C@@H]23)CC(O)C[C@H]1O. The lowest BCUT2D eigenvalue weighted by atomic mass is 9.63. The number of fused-ring (bicyclic) bond motifs is 1. The largest absolute Gasteiger partial charge is 0.393 e. The van der Waals surface area contributed by atoms with Crippen LogP contribution >= 0.6 is 0 Å². The van der Waals surface area contributed by atoms with Crippen molar-refractivity contribution in [3.05, 3.63) is 58.3 Å². The smallest absolute Gasteiger partial charge is 0.211 e. The van der Waals surface area contributed by atoms with Gasteiger partial charge in [-0.25, -0.2) is 8.42 Å². The van der Waals surface area contributed by atoms with Crippen LogP contribution in [0.4, 0.5) is 4.39 Å². The van der Waals surface area contributed by atoms with Crippen LogP contribution < -0.4 is 0 Å². The standard InChI is InChI=1S/C27H39FO4S/c1-18-20(16-22(29)17-24(18)30)12-11-19-8-7-15-27(5)21(13-14-23(19)27)9-6-10-25(28)33(31,32)26(2,3)4/h10-13,22-24,29-30H,1,6-9,14-17H2,2-5H3/b19-11+,20-12-,25-10+/t22?,23-,24+,27?/m0/s1. The summed E-state index contributed by atoms with van der Waals surface area (Å²) in [4.78, 5) is 0. The van der Waals surface area contributed by atoms with Crippen molar-refractivity contribution in [1.29, 1.82) is 0 Å². The highest BCUT2D eigenvalue weighted by Crippen LogP contribution is 2.55. The number of hydrogen-bond donors (Lipinski definition) is 2. The van der Waals surface area contributed by atoms with E-state index in [0.717, 1.165) is 31.3 Å². The summed E-state index contributed by atoms with van der Waals surface area (Å²) < 4.78 is 37.8. The highest BCUT2D eigenvalue weighted by atomic mass is 32.2. The molecule has 2 saturated carbocycles. The zero-order chi connectivity index (χ0) is 24.6. The number of aliphatic hydroxyl groups is 2. The van der Waals surface area contributed by atoms with Gasteiger partial charge < -0.3 is 10.2 Å². The maximum atomic E-state index is 14.4. The molecule has 33 heavy (non-hydrogen) atoms. The van der Waals surface area contributed by atoms with Crippen LogP contribution in [0.1, 0.15) is 79.1 Å². The summed E-state index contributed by atoms with van der Waals surface area (Å²) in [7, 11) is -3.93. The van der Waals surface area contributed by atoms with Gasteiger partial charge in [-0.15, -0.1) is 0 Å². The van der Waals surface area contributed by atoms with Gasteiger partial charge >= 0.3 is 0 Å². The molecular weight excluding hydrogens is 439 g/mol. The Hall–Kier alpha value is -1.50. The molecule has 4 atom stereocenters. The summed E-state index contributed by atoms with van der Waals surface area (Å²) >= 11 is 0. The Morgan fingerprint density at radius 1 is 1.30 bits per heavy atom. The fraction of sp³-hybridized carbons (Fsp3) is 0.630. The van der Waals surface area contributed by atoms with E-state index in [2.05, 4.69) is 25.7 Å². The summed E-state index contributed by atoms with van der Waals surface area (Å²) in [6, 6.07) is 0. The number of halogens is 1. The molecule has 2 N–H and O–H groups in total. The third-order valence-electron chi connectivity index (χ3n) is 7.76. The Balaban J connectivity index is 1.72. The number of sulfone groups is 1. The second-order valence-corrected chi connectivity index (χ2v) is 13.6. The number of allylic oxidation sites excluding steroid dienone is 6. The summed E-state index contributed by atoms with van der Waals surface area (Å²) in [6.07, 6.45) is 12.4. The van der Waals surface area contributed by atoms with Crippen molar-refractivity contribution in [3.8, 4) is 0 Å². The van der Waals surface area contributed by atoms with E-state index in [1.807, 2.05) is 6.08 Å². The second kappa shape index (κ2) is 9.63. The lowest BCUT2D eigenvalue weighted by Crippen LogP contribution is -2.30. The number of aliphatic hydroxyl groups excluding tert-OH is 2. The highest BCUT2D eigenvalue weighted by molar-refractivity contribution is 7.96. The van der Waals surface area contributed by atoms with Gasteiger partial charge in [0.05, 0.1) is 17.0 Å². The van der Waals surface area contributed by atoms with E-state index in [9.17, 15) is 23.0 Å². The Bertz CT molecular complexity index is 1010. The van der Waals surface area contributed by atoms with E-state index in [0.29, 0.717) is 37.2 Å².